The molecule has 1 aromatic carbocycles. The third-order valence-corrected chi connectivity index (χ3v) is 7.93. The molecule has 3 rings (SSSR count). The van der Waals surface area contributed by atoms with Crippen molar-refractivity contribution in [2.45, 2.75) is 32.5 Å². The van der Waals surface area contributed by atoms with Gasteiger partial charge in [-0.25, -0.2) is 9.59 Å². The number of anilines is 2. The summed E-state index contributed by atoms with van der Waals surface area (Å²) in [4.78, 5) is 39.7. The highest BCUT2D eigenvalue weighted by Crippen LogP contribution is 2.34. The summed E-state index contributed by atoms with van der Waals surface area (Å²) in [6.07, 6.45) is 1.74. The lowest BCUT2D eigenvalue weighted by Gasteiger charge is -2.21. The van der Waals surface area contributed by atoms with Crippen LogP contribution in [0.15, 0.2) is 42.1 Å². The lowest BCUT2D eigenvalue weighted by Crippen LogP contribution is -2.21. The summed E-state index contributed by atoms with van der Waals surface area (Å²) in [7, 11) is 2.49. The van der Waals surface area contributed by atoms with Crippen molar-refractivity contribution in [1.29, 1.82) is 0 Å². The van der Waals surface area contributed by atoms with E-state index in [1.807, 2.05) is 16.7 Å². The van der Waals surface area contributed by atoms with Gasteiger partial charge in [0.25, 0.3) is 0 Å². The van der Waals surface area contributed by atoms with Gasteiger partial charge < -0.3 is 19.7 Å². The Morgan fingerprint density at radius 2 is 1.76 bits per heavy atom. The van der Waals surface area contributed by atoms with Crippen LogP contribution in [-0.4, -0.2) is 65.7 Å². The number of hydrogen-bond acceptors (Lipinski definition) is 10. The van der Waals surface area contributed by atoms with Crippen molar-refractivity contribution in [3.05, 3.63) is 52.9 Å². The lowest BCUT2D eigenvalue weighted by molar-refractivity contribution is -0.113. The minimum atomic E-state index is -0.653. The fraction of sp³-hybridized carbons (Fsp3) is 0.346. The van der Waals surface area contributed by atoms with Crippen LogP contribution in [-0.2, 0) is 20.8 Å². The van der Waals surface area contributed by atoms with Crippen molar-refractivity contribution in [2.24, 2.45) is 0 Å². The number of thioether (sulfide) groups is 1. The zero-order valence-corrected chi connectivity index (χ0v) is 23.7. The molecule has 10 nitrogen and oxygen atoms in total. The summed E-state index contributed by atoms with van der Waals surface area (Å²) in [6, 6.07) is 8.12. The fourth-order valence-corrected chi connectivity index (χ4v) is 5.72. The molecule has 3 aromatic rings. The number of nitrogens with zero attached hydrogens (tertiary/aromatic N) is 4. The van der Waals surface area contributed by atoms with E-state index in [4.69, 9.17) is 9.47 Å². The molecule has 0 fully saturated rings. The van der Waals surface area contributed by atoms with E-state index in [-0.39, 0.29) is 27.1 Å². The predicted octanol–water partition coefficient (Wildman–Crippen LogP) is 4.65. The average molecular weight is 558 g/mol. The van der Waals surface area contributed by atoms with Crippen molar-refractivity contribution in [3.8, 4) is 11.4 Å². The smallest absolute Gasteiger partial charge is 0.348 e. The molecule has 0 saturated carbocycles. The van der Waals surface area contributed by atoms with E-state index in [9.17, 15) is 14.4 Å². The summed E-state index contributed by atoms with van der Waals surface area (Å²) >= 11 is 2.17. The van der Waals surface area contributed by atoms with Crippen LogP contribution in [0.5, 0.6) is 0 Å². The molecule has 0 spiro atoms. The Balaban J connectivity index is 1.79. The van der Waals surface area contributed by atoms with E-state index < -0.39 is 11.9 Å². The van der Waals surface area contributed by atoms with E-state index in [1.54, 1.807) is 13.0 Å². The Morgan fingerprint density at radius 1 is 1.11 bits per heavy atom. The molecule has 0 aliphatic rings. The van der Waals surface area contributed by atoms with Crippen LogP contribution in [0, 0.1) is 6.92 Å². The Labute approximate surface area is 230 Å². The summed E-state index contributed by atoms with van der Waals surface area (Å²) in [5.74, 6) is -0.956. The van der Waals surface area contributed by atoms with Gasteiger partial charge in [-0.1, -0.05) is 17.8 Å². The number of nitrogens with one attached hydrogen (secondary N) is 1. The van der Waals surface area contributed by atoms with Crippen LogP contribution in [0.2, 0.25) is 0 Å². The zero-order chi connectivity index (χ0) is 27.8. The molecule has 0 radical (unpaired) electrons. The minimum absolute atomic E-state index is 0.00128. The van der Waals surface area contributed by atoms with Gasteiger partial charge in [0, 0.05) is 30.9 Å². The first-order valence-electron chi connectivity index (χ1n) is 11.9. The van der Waals surface area contributed by atoms with Crippen molar-refractivity contribution >= 4 is 51.6 Å². The van der Waals surface area contributed by atoms with Gasteiger partial charge in [-0.15, -0.1) is 28.1 Å². The molecule has 0 unspecified atom stereocenters. The van der Waals surface area contributed by atoms with Crippen molar-refractivity contribution < 1.29 is 23.9 Å². The van der Waals surface area contributed by atoms with Gasteiger partial charge in [0.15, 0.2) is 11.0 Å². The number of esters is 2. The number of thiophene rings is 1. The van der Waals surface area contributed by atoms with Crippen LogP contribution in [0.3, 0.4) is 0 Å². The van der Waals surface area contributed by atoms with Crippen molar-refractivity contribution in [3.63, 3.8) is 0 Å². The van der Waals surface area contributed by atoms with Gasteiger partial charge in [0.05, 0.1) is 25.5 Å². The molecule has 0 atom stereocenters. The zero-order valence-electron chi connectivity index (χ0n) is 22.1. The second-order valence-electron chi connectivity index (χ2n) is 8.00. The number of carbonyl (C=O) groups excluding carboxylic acids is 3. The Kier molecular flexibility index (Phi) is 10.1. The summed E-state index contributed by atoms with van der Waals surface area (Å²) in [5, 5.41) is 12.2. The first kappa shape index (κ1) is 28.9. The molecular formula is C26H31N5O5S2. The first-order chi connectivity index (χ1) is 18.3. The van der Waals surface area contributed by atoms with Crippen molar-refractivity contribution in [2.75, 3.05) is 43.3 Å². The molecule has 0 saturated heterocycles. The highest BCUT2D eigenvalue weighted by atomic mass is 32.2. The first-order valence-corrected chi connectivity index (χ1v) is 13.7. The summed E-state index contributed by atoms with van der Waals surface area (Å²) in [6.45, 7) is 12.0. The number of amides is 1. The Bertz CT molecular complexity index is 1310. The van der Waals surface area contributed by atoms with Gasteiger partial charge in [-0.2, -0.15) is 0 Å². The molecule has 2 heterocycles. The summed E-state index contributed by atoms with van der Waals surface area (Å²) < 4.78 is 11.5. The maximum absolute atomic E-state index is 12.8. The molecule has 1 N–H and O–H groups in total. The largest absolute Gasteiger partial charge is 0.465 e. The molecule has 0 bridgehead atoms. The number of aromatic nitrogens is 3. The summed E-state index contributed by atoms with van der Waals surface area (Å²) in [5.41, 5.74) is 2.55. The third kappa shape index (κ3) is 6.25. The third-order valence-electron chi connectivity index (χ3n) is 5.78. The van der Waals surface area contributed by atoms with Gasteiger partial charge in [-0.05, 0) is 50.6 Å². The molecule has 1 amide bonds. The molecule has 202 valence electrons. The van der Waals surface area contributed by atoms with Crippen molar-refractivity contribution in [1.82, 2.24) is 14.8 Å². The molecule has 38 heavy (non-hydrogen) atoms. The normalized spacial score (nSPS) is 10.7. The van der Waals surface area contributed by atoms with Gasteiger partial charge >= 0.3 is 11.9 Å². The molecule has 0 aliphatic carbocycles. The molecule has 2 aromatic heterocycles. The second-order valence-corrected chi connectivity index (χ2v) is 9.97. The maximum Gasteiger partial charge on any atom is 0.348 e. The predicted molar refractivity (Wildman–Crippen MR) is 150 cm³/mol. The molecule has 12 heteroatoms. The SMILES string of the molecule is C=CCn1c(SCC(=O)Nc2sc(C(=O)OC)c(C)c2C(=O)OC)nnc1-c1ccc(N(CC)CC)cc1. The lowest BCUT2D eigenvalue weighted by atomic mass is 10.1. The Hall–Kier alpha value is -3.64. The highest BCUT2D eigenvalue weighted by molar-refractivity contribution is 7.99. The van der Waals surface area contributed by atoms with E-state index in [0.717, 1.165) is 35.7 Å². The number of carbonyl (C=O) groups is 3. The second kappa shape index (κ2) is 13.2. The number of ether oxygens (including phenoxy) is 2. The average Bonchev–Trinajstić information content (AvgIpc) is 3.48. The van der Waals surface area contributed by atoms with Gasteiger partial charge in [0.1, 0.15) is 9.88 Å². The Morgan fingerprint density at radius 3 is 2.34 bits per heavy atom. The van der Waals surface area contributed by atoms with Crippen LogP contribution in [0.1, 0.15) is 39.4 Å². The maximum atomic E-state index is 12.8. The fourth-order valence-electron chi connectivity index (χ4n) is 3.84. The van der Waals surface area contributed by atoms with Gasteiger partial charge in [-0.3, -0.25) is 9.36 Å². The number of allylic oxidation sites excluding steroid dienone is 1. The molecule has 0 aliphatic heterocycles. The standard InChI is InChI=1S/C26H31N5O5S2/c1-7-14-31-22(17-10-12-18(13-11-17)30(8-2)9-3)28-29-26(31)37-15-19(32)27-23-20(24(33)35-5)16(4)21(38-23)25(34)36-6/h7,10-13H,1,8-9,14-15H2,2-6H3,(H,27,32). The quantitative estimate of drug-likeness (QED) is 0.193. The van der Waals surface area contributed by atoms with Crippen LogP contribution in [0.25, 0.3) is 11.4 Å². The van der Waals surface area contributed by atoms with E-state index in [2.05, 4.69) is 53.0 Å². The minimum Gasteiger partial charge on any atom is -0.465 e. The molecular weight excluding hydrogens is 526 g/mol. The van der Waals surface area contributed by atoms with Gasteiger partial charge in [0.2, 0.25) is 5.91 Å². The van der Waals surface area contributed by atoms with E-state index in [0.29, 0.717) is 23.1 Å². The number of rotatable bonds is 12. The van der Waals surface area contributed by atoms with Crippen LogP contribution < -0.4 is 10.2 Å². The number of hydrogen-bond donors (Lipinski definition) is 1. The van der Waals surface area contributed by atoms with Crippen LogP contribution in [0.4, 0.5) is 10.7 Å². The number of benzene rings is 1. The highest BCUT2D eigenvalue weighted by Gasteiger charge is 2.27. The topological polar surface area (TPSA) is 116 Å². The monoisotopic (exact) mass is 557 g/mol. The van der Waals surface area contributed by atoms with Crippen LogP contribution >= 0.6 is 23.1 Å². The number of methoxy groups -OCH3 is 2. The van der Waals surface area contributed by atoms with E-state index >= 15 is 0 Å². The van der Waals surface area contributed by atoms with E-state index in [1.165, 1.54) is 26.0 Å².